The summed E-state index contributed by atoms with van der Waals surface area (Å²) >= 11 is 0. The molecule has 2 heterocycles. The number of ether oxygens (including phenoxy) is 2. The van der Waals surface area contributed by atoms with E-state index in [0.717, 1.165) is 41.7 Å². The first-order valence-electron chi connectivity index (χ1n) is 8.96. The first-order chi connectivity index (χ1) is 12.2. The van der Waals surface area contributed by atoms with Crippen LogP contribution >= 0.6 is 0 Å². The van der Waals surface area contributed by atoms with Crippen molar-refractivity contribution in [2.75, 3.05) is 38.7 Å². The van der Waals surface area contributed by atoms with Crippen molar-refractivity contribution in [2.24, 2.45) is 7.05 Å². The molecular weight excluding hydrogens is 316 g/mol. The van der Waals surface area contributed by atoms with Crippen molar-refractivity contribution in [3.8, 4) is 11.5 Å². The quantitative estimate of drug-likeness (QED) is 0.744. The first kappa shape index (κ1) is 17.6. The molecule has 2 aromatic rings. The molecule has 6 nitrogen and oxygen atoms in total. The highest BCUT2D eigenvalue weighted by molar-refractivity contribution is 5.61. The van der Waals surface area contributed by atoms with Gasteiger partial charge in [-0.15, -0.1) is 0 Å². The lowest BCUT2D eigenvalue weighted by atomic mass is 10.2. The molecular formula is C19H28N4O2. The lowest BCUT2D eigenvalue weighted by Crippen LogP contribution is -2.21. The molecule has 0 saturated carbocycles. The molecule has 0 bridgehead atoms. The van der Waals surface area contributed by atoms with Crippen LogP contribution in [0.1, 0.15) is 25.0 Å². The molecule has 0 unspecified atom stereocenters. The Balaban J connectivity index is 1.58. The molecule has 136 valence electrons. The van der Waals surface area contributed by atoms with Crippen molar-refractivity contribution >= 4 is 11.5 Å². The lowest BCUT2D eigenvalue weighted by molar-refractivity contribution is 0.254. The van der Waals surface area contributed by atoms with E-state index in [9.17, 15) is 0 Å². The maximum Gasteiger partial charge on any atom is 0.163 e. The number of anilines is 2. The van der Waals surface area contributed by atoms with E-state index in [0.29, 0.717) is 6.61 Å². The topological polar surface area (TPSA) is 51.6 Å². The van der Waals surface area contributed by atoms with Gasteiger partial charge in [0.2, 0.25) is 0 Å². The first-order valence-corrected chi connectivity index (χ1v) is 8.96. The zero-order valence-corrected chi connectivity index (χ0v) is 15.4. The number of aromatic nitrogens is 2. The van der Waals surface area contributed by atoms with E-state index in [1.54, 1.807) is 7.11 Å². The standard InChI is InChI=1S/C19H28N4O2/c1-15-13-19(21-22(15)2)20-16-7-8-17(24-3)18(14-16)25-12-6-11-23-9-4-5-10-23/h7-8,13-14H,4-6,9-12H2,1-3H3,(H,20,21). The summed E-state index contributed by atoms with van der Waals surface area (Å²) in [6, 6.07) is 7.88. The van der Waals surface area contributed by atoms with Crippen LogP contribution in [0.3, 0.4) is 0 Å². The summed E-state index contributed by atoms with van der Waals surface area (Å²) in [6.45, 7) is 6.28. The molecule has 25 heavy (non-hydrogen) atoms. The molecule has 0 spiro atoms. The van der Waals surface area contributed by atoms with Crippen LogP contribution in [0.2, 0.25) is 0 Å². The molecule has 1 aromatic heterocycles. The number of hydrogen-bond donors (Lipinski definition) is 1. The van der Waals surface area contributed by atoms with Crippen LogP contribution in [0, 0.1) is 6.92 Å². The Bertz CT molecular complexity index is 673. The zero-order valence-electron chi connectivity index (χ0n) is 15.4. The molecule has 0 aliphatic carbocycles. The average Bonchev–Trinajstić information content (AvgIpc) is 3.22. The van der Waals surface area contributed by atoms with Gasteiger partial charge in [-0.2, -0.15) is 5.10 Å². The molecule has 1 fully saturated rings. The van der Waals surface area contributed by atoms with Crippen molar-refractivity contribution < 1.29 is 9.47 Å². The molecule has 6 heteroatoms. The smallest absolute Gasteiger partial charge is 0.163 e. The normalized spacial score (nSPS) is 14.7. The Morgan fingerprint density at radius 2 is 1.96 bits per heavy atom. The SMILES string of the molecule is COc1ccc(Nc2cc(C)n(C)n2)cc1OCCCN1CCCC1. The molecule has 1 aliphatic heterocycles. The maximum atomic E-state index is 5.98. The van der Waals surface area contributed by atoms with Crippen molar-refractivity contribution in [1.29, 1.82) is 0 Å². The fourth-order valence-corrected chi connectivity index (χ4v) is 3.11. The van der Waals surface area contributed by atoms with E-state index in [4.69, 9.17) is 9.47 Å². The van der Waals surface area contributed by atoms with E-state index < -0.39 is 0 Å². The monoisotopic (exact) mass is 344 g/mol. The minimum atomic E-state index is 0.693. The third-order valence-electron chi connectivity index (χ3n) is 4.62. The molecule has 1 saturated heterocycles. The van der Waals surface area contributed by atoms with Gasteiger partial charge in [0.1, 0.15) is 0 Å². The highest BCUT2D eigenvalue weighted by Crippen LogP contribution is 2.31. The van der Waals surface area contributed by atoms with Gasteiger partial charge in [0.25, 0.3) is 0 Å². The number of nitrogens with zero attached hydrogens (tertiary/aromatic N) is 3. The fourth-order valence-electron chi connectivity index (χ4n) is 3.11. The van der Waals surface area contributed by atoms with E-state index in [2.05, 4.69) is 15.3 Å². The minimum Gasteiger partial charge on any atom is -0.493 e. The Hall–Kier alpha value is -2.21. The van der Waals surface area contributed by atoms with E-state index in [-0.39, 0.29) is 0 Å². The highest BCUT2D eigenvalue weighted by Gasteiger charge is 2.11. The van der Waals surface area contributed by atoms with Gasteiger partial charge in [0.05, 0.1) is 13.7 Å². The largest absolute Gasteiger partial charge is 0.493 e. The Morgan fingerprint density at radius 3 is 2.64 bits per heavy atom. The van der Waals surface area contributed by atoms with Crippen molar-refractivity contribution in [2.45, 2.75) is 26.2 Å². The van der Waals surface area contributed by atoms with Crippen LogP contribution in [0.5, 0.6) is 11.5 Å². The van der Waals surface area contributed by atoms with Gasteiger partial charge in [-0.25, -0.2) is 0 Å². The number of benzene rings is 1. The second kappa shape index (κ2) is 8.25. The molecule has 3 rings (SSSR count). The summed E-state index contributed by atoms with van der Waals surface area (Å²) in [5, 5.41) is 7.74. The van der Waals surface area contributed by atoms with E-state index >= 15 is 0 Å². The molecule has 0 radical (unpaired) electrons. The number of aryl methyl sites for hydroxylation is 2. The van der Waals surface area contributed by atoms with Gasteiger partial charge in [-0.3, -0.25) is 4.68 Å². The van der Waals surface area contributed by atoms with Gasteiger partial charge >= 0.3 is 0 Å². The van der Waals surface area contributed by atoms with Gasteiger partial charge in [0.15, 0.2) is 17.3 Å². The third kappa shape index (κ3) is 4.66. The van der Waals surface area contributed by atoms with Crippen LogP contribution < -0.4 is 14.8 Å². The second-order valence-electron chi connectivity index (χ2n) is 6.54. The molecule has 0 amide bonds. The lowest BCUT2D eigenvalue weighted by Gasteiger charge is -2.16. The van der Waals surface area contributed by atoms with Crippen LogP contribution in [0.4, 0.5) is 11.5 Å². The van der Waals surface area contributed by atoms with Gasteiger partial charge in [0, 0.05) is 37.1 Å². The van der Waals surface area contributed by atoms with Crippen LogP contribution in [-0.2, 0) is 7.05 Å². The maximum absolute atomic E-state index is 5.98. The Kier molecular flexibility index (Phi) is 5.81. The number of nitrogens with one attached hydrogen (secondary N) is 1. The Morgan fingerprint density at radius 1 is 1.16 bits per heavy atom. The van der Waals surface area contributed by atoms with Crippen LogP contribution in [0.25, 0.3) is 0 Å². The van der Waals surface area contributed by atoms with E-state index in [1.165, 1.54) is 25.9 Å². The summed E-state index contributed by atoms with van der Waals surface area (Å²) in [5.41, 5.74) is 2.04. The van der Waals surface area contributed by atoms with Crippen LogP contribution in [0.15, 0.2) is 24.3 Å². The zero-order chi connectivity index (χ0) is 17.6. The molecule has 1 aromatic carbocycles. The average molecular weight is 344 g/mol. The molecule has 1 N–H and O–H groups in total. The summed E-state index contributed by atoms with van der Waals surface area (Å²) in [7, 11) is 3.60. The highest BCUT2D eigenvalue weighted by atomic mass is 16.5. The Labute approximate surface area is 149 Å². The fraction of sp³-hybridized carbons (Fsp3) is 0.526. The van der Waals surface area contributed by atoms with Gasteiger partial charge in [-0.05, 0) is 51.4 Å². The van der Waals surface area contributed by atoms with Crippen molar-refractivity contribution in [1.82, 2.24) is 14.7 Å². The number of likely N-dealkylation sites (tertiary alicyclic amines) is 1. The number of methoxy groups -OCH3 is 1. The summed E-state index contributed by atoms with van der Waals surface area (Å²) in [4.78, 5) is 2.50. The molecule has 0 atom stereocenters. The van der Waals surface area contributed by atoms with Crippen molar-refractivity contribution in [3.05, 3.63) is 30.0 Å². The number of rotatable bonds is 8. The van der Waals surface area contributed by atoms with Gasteiger partial charge in [-0.1, -0.05) is 0 Å². The molecule has 1 aliphatic rings. The predicted octanol–water partition coefficient (Wildman–Crippen LogP) is 3.35. The minimum absolute atomic E-state index is 0.693. The predicted molar refractivity (Wildman–Crippen MR) is 100 cm³/mol. The third-order valence-corrected chi connectivity index (χ3v) is 4.62. The number of hydrogen-bond acceptors (Lipinski definition) is 5. The summed E-state index contributed by atoms with van der Waals surface area (Å²) in [5.74, 6) is 2.34. The van der Waals surface area contributed by atoms with Gasteiger partial charge < -0.3 is 19.7 Å². The summed E-state index contributed by atoms with van der Waals surface area (Å²) in [6.07, 6.45) is 3.69. The van der Waals surface area contributed by atoms with E-state index in [1.807, 2.05) is 42.9 Å². The summed E-state index contributed by atoms with van der Waals surface area (Å²) < 4.78 is 13.2. The van der Waals surface area contributed by atoms with Crippen LogP contribution in [-0.4, -0.2) is 48.0 Å². The second-order valence-corrected chi connectivity index (χ2v) is 6.54. The van der Waals surface area contributed by atoms with Crippen molar-refractivity contribution in [3.63, 3.8) is 0 Å².